The fourth-order valence-corrected chi connectivity index (χ4v) is 18.7. The maximum atomic E-state index is 14.3. The molecule has 0 radical (unpaired) electrons. The van der Waals surface area contributed by atoms with Crippen molar-refractivity contribution in [1.29, 1.82) is 0 Å². The van der Waals surface area contributed by atoms with Gasteiger partial charge >= 0.3 is 0 Å². The molecular weight excluding hydrogens is 1410 g/mol. The Bertz CT molecular complexity index is 3420. The maximum absolute atomic E-state index is 14.3. The predicted octanol–water partition coefficient (Wildman–Crippen LogP) is 20.8. The van der Waals surface area contributed by atoms with E-state index in [0.29, 0.717) is 50.9 Å². The van der Waals surface area contributed by atoms with Gasteiger partial charge in [-0.3, -0.25) is 9.59 Å². The Morgan fingerprint density at radius 1 is 0.368 bits per heavy atom. The van der Waals surface area contributed by atoms with Gasteiger partial charge in [-0.25, -0.2) is 9.97 Å². The highest BCUT2D eigenvalue weighted by molar-refractivity contribution is 5.96. The fourth-order valence-electron chi connectivity index (χ4n) is 18.7. The molecule has 7 rings (SSSR count). The van der Waals surface area contributed by atoms with Gasteiger partial charge in [0.25, 0.3) is 0 Å². The van der Waals surface area contributed by atoms with Gasteiger partial charge < -0.3 is 59.8 Å². The van der Waals surface area contributed by atoms with E-state index in [1.165, 1.54) is 254 Å². The zero-order chi connectivity index (χ0) is 81.7. The summed E-state index contributed by atoms with van der Waals surface area (Å²) in [5.41, 5.74) is 17.2. The van der Waals surface area contributed by atoms with Gasteiger partial charge in [0.1, 0.15) is 0 Å². The second-order valence-electron chi connectivity index (χ2n) is 36.0. The molecule has 646 valence electrons. The summed E-state index contributed by atoms with van der Waals surface area (Å²) in [5, 5.41) is 6.83. The van der Waals surface area contributed by atoms with Crippen LogP contribution in [0, 0.1) is 13.8 Å². The van der Waals surface area contributed by atoms with E-state index >= 15 is 0 Å². The minimum Gasteiger partial charge on any atom is -0.356 e. The van der Waals surface area contributed by atoms with Crippen LogP contribution in [0.5, 0.6) is 0 Å². The number of hydrogen-bond acceptors (Lipinski definition) is 12. The molecule has 2 unspecified atom stereocenters. The predicted molar refractivity (Wildman–Crippen MR) is 492 cm³/mol. The lowest BCUT2D eigenvalue weighted by Gasteiger charge is -2.32. The fraction of sp³-hybridized carbons (Fsp3) is 0.776. The van der Waals surface area contributed by atoms with Crippen molar-refractivity contribution < 1.29 is 9.59 Å². The second-order valence-corrected chi connectivity index (χ2v) is 36.0. The molecule has 2 amide bonds. The van der Waals surface area contributed by atoms with Gasteiger partial charge in [0.05, 0.1) is 22.8 Å². The van der Waals surface area contributed by atoms with Crippen LogP contribution in [0.15, 0.2) is 24.3 Å². The first kappa shape index (κ1) is 96.4. The van der Waals surface area contributed by atoms with Crippen LogP contribution in [-0.4, -0.2) is 243 Å². The zero-order valence-electron chi connectivity index (χ0n) is 76.2. The number of carbonyl (C=O) groups excluding carboxylic acids is 2. The molecule has 16 nitrogen and oxygen atoms in total. The molecule has 2 atom stereocenters. The number of nitrogens with zero attached hydrogens (tertiary/aromatic N) is 10. The van der Waals surface area contributed by atoms with Gasteiger partial charge in [0.2, 0.25) is 11.8 Å². The Kier molecular flexibility index (Phi) is 47.2. The van der Waals surface area contributed by atoms with Crippen molar-refractivity contribution in [1.82, 2.24) is 69.8 Å². The molecule has 0 aromatic carbocycles. The van der Waals surface area contributed by atoms with Crippen LogP contribution >= 0.6 is 0 Å². The van der Waals surface area contributed by atoms with Crippen LogP contribution in [0.25, 0.3) is 44.4 Å². The standard InChI is InChI=1S/C98H172N14O2/c1-15-19-21-23-25-27-29-31-33-35-37-49-83-55-73-111(71-47-65-107(11)61-41-39-59-105(9)63-45-67-109(83)13)69-43-57-99-97(113)53-51-87-81(7)90-75-89-79(5)85(17-3)93(101-89)76-91-80(6)86(18-4)94(102-91)77-92-82(8)88(96(104-92)78-95(87)103-90)52-54-98(114)100-58-44-70-112-72-48-66-108(12)62-42-40-60-106(10)64-46-68-110(14)84(56-74-112)50-38-36-34-32-30-28-26-24-22-20-16-2/h75-78,83-84,101,104H,15-74H2,1-14H3,(H,99,113)(H,100,114). The Balaban J connectivity index is 1.04. The molecule has 3 aromatic rings. The lowest BCUT2D eigenvalue weighted by molar-refractivity contribution is -0.121. The highest BCUT2D eigenvalue weighted by Crippen LogP contribution is 2.38. The summed E-state index contributed by atoms with van der Waals surface area (Å²) in [7, 11) is 14.1. The Morgan fingerprint density at radius 3 is 1.13 bits per heavy atom. The van der Waals surface area contributed by atoms with Gasteiger partial charge in [-0.05, 0) is 359 Å². The molecule has 114 heavy (non-hydrogen) atoms. The molecule has 2 saturated heterocycles. The van der Waals surface area contributed by atoms with Gasteiger partial charge in [0.15, 0.2) is 0 Å². The highest BCUT2D eigenvalue weighted by Gasteiger charge is 2.25. The van der Waals surface area contributed by atoms with E-state index in [1.807, 2.05) is 0 Å². The van der Waals surface area contributed by atoms with Crippen molar-refractivity contribution in [3.63, 3.8) is 0 Å². The zero-order valence-corrected chi connectivity index (χ0v) is 76.2. The number of aryl methyl sites for hydroxylation is 4. The van der Waals surface area contributed by atoms with Crippen LogP contribution in [0.3, 0.4) is 0 Å². The summed E-state index contributed by atoms with van der Waals surface area (Å²) in [6, 6.07) is 10.1. The van der Waals surface area contributed by atoms with Crippen molar-refractivity contribution in [3.05, 3.63) is 69.3 Å². The minimum absolute atomic E-state index is 0.0870. The third kappa shape index (κ3) is 35.3. The molecule has 0 spiro atoms. The maximum Gasteiger partial charge on any atom is 0.220 e. The third-order valence-corrected chi connectivity index (χ3v) is 26.5. The number of aromatic nitrogens is 4. The lowest BCUT2D eigenvalue weighted by atomic mass is 10.00. The molecule has 3 aromatic heterocycles. The monoisotopic (exact) mass is 1580 g/mol. The summed E-state index contributed by atoms with van der Waals surface area (Å²) in [6.45, 7) is 37.2. The van der Waals surface area contributed by atoms with Crippen LogP contribution in [0.1, 0.15) is 343 Å². The van der Waals surface area contributed by atoms with E-state index in [2.05, 4.69) is 182 Å². The number of nitrogens with one attached hydrogen (secondary N) is 4. The first-order valence-electron chi connectivity index (χ1n) is 47.7. The number of unbranched alkanes of at least 4 members (excludes halogenated alkanes) is 20. The van der Waals surface area contributed by atoms with E-state index in [-0.39, 0.29) is 11.8 Å². The van der Waals surface area contributed by atoms with Crippen molar-refractivity contribution in [2.45, 2.75) is 337 Å². The number of hydrogen-bond donors (Lipinski definition) is 4. The smallest absolute Gasteiger partial charge is 0.220 e. The summed E-state index contributed by atoms with van der Waals surface area (Å²) in [4.78, 5) is 68.4. The van der Waals surface area contributed by atoms with Crippen molar-refractivity contribution in [2.75, 3.05) is 160 Å². The first-order chi connectivity index (χ1) is 55.4. The van der Waals surface area contributed by atoms with Gasteiger partial charge in [-0.2, -0.15) is 0 Å². The van der Waals surface area contributed by atoms with Gasteiger partial charge in [0, 0.05) is 60.1 Å². The largest absolute Gasteiger partial charge is 0.356 e. The quantitative estimate of drug-likeness (QED) is 0.0403. The topological polar surface area (TPSA) is 141 Å². The Labute approximate surface area is 698 Å². The van der Waals surface area contributed by atoms with Crippen LogP contribution in [0.4, 0.5) is 0 Å². The molecule has 7 heterocycles. The SMILES string of the molecule is CCCCCCCCCCCCCC1CCN(CCCNC(=O)CCC2=C(C)c3cc4[nH]c(cc5nc(cc6[nH]c(cc2n3)c(CCC(=O)NCCCN2CCCN(C)CCCCN(C)CCCN(C)C(CCCCCCCCCCCCC)CC2)c6C)C(CC)=C5C)c(CC)c4C)CCCN(C)CCCCN(C)CCCN1C. The number of fused-ring (bicyclic) bond motifs is 8. The van der Waals surface area contributed by atoms with E-state index in [1.54, 1.807) is 0 Å². The average molecular weight is 1580 g/mol. The molecule has 4 N–H and O–H groups in total. The summed E-state index contributed by atoms with van der Waals surface area (Å²) >= 11 is 0. The Morgan fingerprint density at radius 2 is 0.711 bits per heavy atom. The van der Waals surface area contributed by atoms with Crippen LogP contribution in [0.2, 0.25) is 0 Å². The molecule has 2 fully saturated rings. The van der Waals surface area contributed by atoms with Gasteiger partial charge in [-0.1, -0.05) is 169 Å². The molecule has 16 heteroatoms. The number of allylic oxidation sites excluding steroid dienone is 4. The highest BCUT2D eigenvalue weighted by atomic mass is 16.2. The summed E-state index contributed by atoms with van der Waals surface area (Å²) < 4.78 is 0. The van der Waals surface area contributed by atoms with Crippen LogP contribution < -0.4 is 10.6 Å². The molecule has 0 saturated carbocycles. The van der Waals surface area contributed by atoms with E-state index < -0.39 is 0 Å². The second kappa shape index (κ2) is 55.9. The first-order valence-corrected chi connectivity index (χ1v) is 47.7. The third-order valence-electron chi connectivity index (χ3n) is 26.5. The minimum atomic E-state index is 0.0870. The van der Waals surface area contributed by atoms with E-state index in [4.69, 9.17) is 9.97 Å². The molecule has 4 aliphatic rings. The van der Waals surface area contributed by atoms with Crippen molar-refractivity contribution >= 4 is 56.2 Å². The number of rotatable bonds is 40. The summed E-state index contributed by atoms with van der Waals surface area (Å²) in [6.07, 6.45) is 50.6. The van der Waals surface area contributed by atoms with E-state index in [9.17, 15) is 9.59 Å². The molecule has 8 bridgehead atoms. The van der Waals surface area contributed by atoms with Crippen molar-refractivity contribution in [2.24, 2.45) is 0 Å². The van der Waals surface area contributed by atoms with E-state index in [0.717, 1.165) is 184 Å². The number of H-pyrrole nitrogens is 2. The molecular formula is C98H172N14O2. The molecule has 0 aliphatic carbocycles. The Hall–Kier alpha value is -4.78. The average Bonchev–Trinajstić information content (AvgIpc) is 1.62. The van der Waals surface area contributed by atoms with Crippen molar-refractivity contribution in [3.8, 4) is 0 Å². The lowest BCUT2D eigenvalue weighted by Crippen LogP contribution is -2.38. The summed E-state index contributed by atoms with van der Waals surface area (Å²) in [5.74, 6) is 0.178. The molecule has 4 aliphatic heterocycles. The number of amides is 2. The number of aromatic amines is 2. The normalized spacial score (nSPS) is 19.1. The van der Waals surface area contributed by atoms with Gasteiger partial charge in [-0.15, -0.1) is 0 Å². The van der Waals surface area contributed by atoms with Crippen LogP contribution in [-0.2, 0) is 22.4 Å². The number of carbonyl (C=O) groups is 2.